The van der Waals surface area contributed by atoms with Crippen molar-refractivity contribution < 1.29 is 17.9 Å². The van der Waals surface area contributed by atoms with Gasteiger partial charge in [-0.2, -0.15) is 0 Å². The number of benzene rings is 3. The van der Waals surface area contributed by atoms with E-state index in [-0.39, 0.29) is 18.2 Å². The molecular formula is C39H46F2N4O2SSi. The van der Waals surface area contributed by atoms with Crippen molar-refractivity contribution in [3.8, 4) is 5.19 Å². The van der Waals surface area contributed by atoms with Gasteiger partial charge in [0.15, 0.2) is 0 Å². The Hall–Kier alpha value is -3.41. The first kappa shape index (κ1) is 34.1. The van der Waals surface area contributed by atoms with Crippen LogP contribution in [-0.4, -0.2) is 67.0 Å². The molecule has 4 heterocycles. The highest BCUT2D eigenvalue weighted by molar-refractivity contribution is 7.13. The molecule has 0 saturated carbocycles. The normalized spacial score (nSPS) is 22.0. The number of halogens is 2. The van der Waals surface area contributed by atoms with Crippen LogP contribution < -0.4 is 20.4 Å². The van der Waals surface area contributed by atoms with Crippen LogP contribution in [0.3, 0.4) is 0 Å². The first-order valence-electron chi connectivity index (χ1n) is 17.3. The molecule has 5 aromatic rings. The van der Waals surface area contributed by atoms with Crippen LogP contribution in [0.4, 0.5) is 8.78 Å². The van der Waals surface area contributed by atoms with Crippen molar-refractivity contribution in [2.45, 2.75) is 82.7 Å². The van der Waals surface area contributed by atoms with Crippen LogP contribution in [0.25, 0.3) is 10.9 Å². The Kier molecular flexibility index (Phi) is 9.29. The molecule has 2 aliphatic rings. The number of aromatic amines is 1. The summed E-state index contributed by atoms with van der Waals surface area (Å²) in [6.45, 7) is 10.3. The van der Waals surface area contributed by atoms with E-state index in [1.54, 1.807) is 0 Å². The number of ether oxygens (including phenoxy) is 1. The van der Waals surface area contributed by atoms with E-state index in [2.05, 4.69) is 62.0 Å². The number of nitrogens with one attached hydrogen (secondary N) is 2. The van der Waals surface area contributed by atoms with Crippen molar-refractivity contribution in [3.63, 3.8) is 0 Å². The van der Waals surface area contributed by atoms with E-state index >= 15 is 8.78 Å². The zero-order valence-corrected chi connectivity index (χ0v) is 30.7. The summed E-state index contributed by atoms with van der Waals surface area (Å²) in [5.41, 5.74) is 3.15. The van der Waals surface area contributed by atoms with Crippen molar-refractivity contribution in [2.24, 2.45) is 0 Å². The zero-order valence-electron chi connectivity index (χ0n) is 28.9. The maximum Gasteiger partial charge on any atom is 0.282 e. The van der Waals surface area contributed by atoms with Crippen molar-refractivity contribution >= 4 is 40.9 Å². The number of aromatic nitrogens is 2. The summed E-state index contributed by atoms with van der Waals surface area (Å²) in [6, 6.07) is 27.8. The number of H-pyrrole nitrogens is 1. The average Bonchev–Trinajstić information content (AvgIpc) is 3.81. The Bertz CT molecular complexity index is 1840. The van der Waals surface area contributed by atoms with Gasteiger partial charge in [-0.1, -0.05) is 111 Å². The molecule has 0 spiro atoms. The maximum absolute atomic E-state index is 16.7. The second-order valence-corrected chi connectivity index (χ2v) is 20.0. The lowest BCUT2D eigenvalue weighted by Crippen LogP contribution is -2.67. The monoisotopic (exact) mass is 700 g/mol. The lowest BCUT2D eigenvalue weighted by molar-refractivity contribution is -0.0818. The minimum absolute atomic E-state index is 0.0342. The number of hydrogen-bond acceptors (Lipinski definition) is 6. The standard InChI is InChI=1S/C39H46F2N4O2SSi/c1-26-22-31-30-18-12-13-19-32(30)44-35(31)36(34-23-43-37(48-34)47-33-20-21-42-27(33)2)45(26)24-39(40,41)25-46-49(38(3,4)5,28-14-8-6-9-15-28)29-16-10-7-11-17-29/h6-19,23,26-27,33,36,42,44H,20-22,24-25H2,1-5H3/t26-,27-,33-,36-/m1/s1. The van der Waals surface area contributed by atoms with Crippen molar-refractivity contribution in [3.05, 3.63) is 107 Å². The topological polar surface area (TPSA) is 62.4 Å². The van der Waals surface area contributed by atoms with Gasteiger partial charge < -0.3 is 19.5 Å². The van der Waals surface area contributed by atoms with Gasteiger partial charge >= 0.3 is 0 Å². The van der Waals surface area contributed by atoms with Crippen molar-refractivity contribution in [2.75, 3.05) is 19.7 Å². The predicted molar refractivity (Wildman–Crippen MR) is 197 cm³/mol. The van der Waals surface area contributed by atoms with Crippen LogP contribution >= 0.6 is 11.3 Å². The molecule has 2 aliphatic heterocycles. The summed E-state index contributed by atoms with van der Waals surface area (Å²) in [7, 11) is -3.16. The smallest absolute Gasteiger partial charge is 0.282 e. The molecule has 1 fully saturated rings. The van der Waals surface area contributed by atoms with Crippen molar-refractivity contribution in [1.29, 1.82) is 0 Å². The lowest BCUT2D eigenvalue weighted by Gasteiger charge is -2.45. The molecular weight excluding hydrogens is 655 g/mol. The molecule has 4 atom stereocenters. The van der Waals surface area contributed by atoms with Crippen LogP contribution in [0.2, 0.25) is 5.04 Å². The van der Waals surface area contributed by atoms with Crippen LogP contribution in [0.15, 0.2) is 91.1 Å². The molecule has 258 valence electrons. The molecule has 2 N–H and O–H groups in total. The Morgan fingerprint density at radius 3 is 2.22 bits per heavy atom. The first-order chi connectivity index (χ1) is 23.5. The van der Waals surface area contributed by atoms with Gasteiger partial charge in [0.05, 0.1) is 24.1 Å². The van der Waals surface area contributed by atoms with Gasteiger partial charge in [0.25, 0.3) is 19.4 Å². The SMILES string of the molecule is C[C@@H]1Cc2c([nH]c3ccccc23)[C@@H](c2cnc(O[C@@H]3CCN[C@@H]3C)s2)N1CC(F)(F)CO[Si](c1ccccc1)(c1ccccc1)C(C)(C)C. The summed E-state index contributed by atoms with van der Waals surface area (Å²) in [4.78, 5) is 11.1. The number of alkyl halides is 2. The first-order valence-corrected chi connectivity index (χ1v) is 20.0. The quantitative estimate of drug-likeness (QED) is 0.150. The minimum Gasteiger partial charge on any atom is -0.465 e. The van der Waals surface area contributed by atoms with Crippen molar-refractivity contribution in [1.82, 2.24) is 20.2 Å². The van der Waals surface area contributed by atoms with Gasteiger partial charge in [0, 0.05) is 34.9 Å². The van der Waals surface area contributed by atoms with E-state index in [1.165, 1.54) is 16.9 Å². The Balaban J connectivity index is 1.23. The van der Waals surface area contributed by atoms with Gasteiger partial charge in [0.2, 0.25) is 0 Å². The van der Waals surface area contributed by atoms with E-state index in [1.807, 2.05) is 83.9 Å². The summed E-state index contributed by atoms with van der Waals surface area (Å²) < 4.78 is 46.5. The fraction of sp³-hybridized carbons (Fsp3) is 0.410. The van der Waals surface area contributed by atoms with Crippen LogP contribution in [-0.2, 0) is 10.8 Å². The minimum atomic E-state index is -3.16. The van der Waals surface area contributed by atoms with E-state index in [0.29, 0.717) is 11.6 Å². The number of fused-ring (bicyclic) bond motifs is 3. The molecule has 0 radical (unpaired) electrons. The van der Waals surface area contributed by atoms with Crippen LogP contribution in [0, 0.1) is 0 Å². The molecule has 1 saturated heterocycles. The third-order valence-corrected chi connectivity index (χ3v) is 16.2. The van der Waals surface area contributed by atoms with Gasteiger partial charge in [-0.05, 0) is 60.3 Å². The van der Waals surface area contributed by atoms with Gasteiger partial charge in [-0.3, -0.25) is 4.90 Å². The molecule has 7 rings (SSSR count). The third-order valence-electron chi connectivity index (χ3n) is 10.3. The average molecular weight is 701 g/mol. The van der Waals surface area contributed by atoms with Crippen LogP contribution in [0.1, 0.15) is 63.2 Å². The summed E-state index contributed by atoms with van der Waals surface area (Å²) in [5, 5.41) is 6.71. The number of rotatable bonds is 10. The number of hydrogen-bond donors (Lipinski definition) is 2. The summed E-state index contributed by atoms with van der Waals surface area (Å²) in [6.07, 6.45) is 3.42. The lowest BCUT2D eigenvalue weighted by atomic mass is 9.91. The second kappa shape index (κ2) is 13.4. The fourth-order valence-corrected chi connectivity index (χ4v) is 13.5. The molecule has 0 amide bonds. The molecule has 2 aromatic heterocycles. The van der Waals surface area contributed by atoms with E-state index in [4.69, 9.17) is 9.16 Å². The number of para-hydroxylation sites is 1. The molecule has 3 aromatic carbocycles. The molecule has 0 bridgehead atoms. The Morgan fingerprint density at radius 2 is 1.59 bits per heavy atom. The fourth-order valence-electron chi connectivity index (χ4n) is 7.92. The highest BCUT2D eigenvalue weighted by atomic mass is 32.1. The van der Waals surface area contributed by atoms with Gasteiger partial charge in [-0.25, -0.2) is 13.8 Å². The largest absolute Gasteiger partial charge is 0.465 e. The van der Waals surface area contributed by atoms with Gasteiger partial charge in [-0.15, -0.1) is 0 Å². The highest BCUT2D eigenvalue weighted by Crippen LogP contribution is 2.45. The zero-order chi connectivity index (χ0) is 34.4. The van der Waals surface area contributed by atoms with E-state index < -0.39 is 38.5 Å². The molecule has 6 nitrogen and oxygen atoms in total. The third kappa shape index (κ3) is 6.49. The number of thiazole rings is 1. The van der Waals surface area contributed by atoms with Gasteiger partial charge in [0.1, 0.15) is 6.10 Å². The summed E-state index contributed by atoms with van der Waals surface area (Å²) >= 11 is 1.46. The maximum atomic E-state index is 16.7. The summed E-state index contributed by atoms with van der Waals surface area (Å²) in [5.74, 6) is -3.14. The Morgan fingerprint density at radius 1 is 0.939 bits per heavy atom. The highest BCUT2D eigenvalue weighted by Gasteiger charge is 2.52. The number of nitrogens with zero attached hydrogens (tertiary/aromatic N) is 2. The molecule has 10 heteroatoms. The second-order valence-electron chi connectivity index (χ2n) is 14.7. The van der Waals surface area contributed by atoms with E-state index in [9.17, 15) is 0 Å². The van der Waals surface area contributed by atoms with E-state index in [0.717, 1.165) is 44.8 Å². The molecule has 0 unspecified atom stereocenters. The predicted octanol–water partition coefficient (Wildman–Crippen LogP) is 7.30. The van der Waals surface area contributed by atoms with Crippen LogP contribution in [0.5, 0.6) is 5.19 Å². The molecule has 49 heavy (non-hydrogen) atoms. The molecule has 0 aliphatic carbocycles. The Labute approximate surface area is 293 Å².